The smallest absolute Gasteiger partial charge is 0.134 e. The van der Waals surface area contributed by atoms with Crippen LogP contribution in [0.25, 0.3) is 11.0 Å². The maximum absolute atomic E-state index is 6.06. The predicted molar refractivity (Wildman–Crippen MR) is 83.9 cm³/mol. The number of aryl methyl sites for hydroxylation is 1. The second kappa shape index (κ2) is 6.01. The Morgan fingerprint density at radius 2 is 2.00 bits per heavy atom. The van der Waals surface area contributed by atoms with Crippen LogP contribution in [0.4, 0.5) is 0 Å². The third-order valence-corrected chi connectivity index (χ3v) is 4.68. The molecule has 1 N–H and O–H groups in total. The Morgan fingerprint density at radius 3 is 2.75 bits per heavy atom. The van der Waals surface area contributed by atoms with Crippen LogP contribution in [-0.2, 0) is 0 Å². The second-order valence-corrected chi connectivity index (χ2v) is 6.27. The van der Waals surface area contributed by atoms with Gasteiger partial charge in [-0.15, -0.1) is 0 Å². The van der Waals surface area contributed by atoms with E-state index < -0.39 is 0 Å². The van der Waals surface area contributed by atoms with Crippen molar-refractivity contribution < 1.29 is 4.42 Å². The molecule has 1 saturated carbocycles. The van der Waals surface area contributed by atoms with E-state index in [1.54, 1.807) is 0 Å². The van der Waals surface area contributed by atoms with Gasteiger partial charge in [0.05, 0.1) is 6.04 Å². The van der Waals surface area contributed by atoms with E-state index in [-0.39, 0.29) is 0 Å². The molecule has 0 spiro atoms. The Bertz CT molecular complexity index is 566. The summed E-state index contributed by atoms with van der Waals surface area (Å²) in [6.45, 7) is 2.13. The average Bonchev–Trinajstić information content (AvgIpc) is 2.88. The SMILES string of the molecule is CNC(CC1CCCCC1)c1cc2cc(C)ccc2o1. The molecule has 108 valence electrons. The van der Waals surface area contributed by atoms with Gasteiger partial charge < -0.3 is 9.73 Å². The molecule has 20 heavy (non-hydrogen) atoms. The van der Waals surface area contributed by atoms with Crippen molar-refractivity contribution in [2.24, 2.45) is 5.92 Å². The van der Waals surface area contributed by atoms with Gasteiger partial charge in [0.25, 0.3) is 0 Å². The van der Waals surface area contributed by atoms with Crippen molar-refractivity contribution >= 4 is 11.0 Å². The molecule has 0 radical (unpaired) electrons. The van der Waals surface area contributed by atoms with Crippen LogP contribution in [0.2, 0.25) is 0 Å². The summed E-state index contributed by atoms with van der Waals surface area (Å²) < 4.78 is 6.06. The summed E-state index contributed by atoms with van der Waals surface area (Å²) in [4.78, 5) is 0. The van der Waals surface area contributed by atoms with Crippen LogP contribution in [0.5, 0.6) is 0 Å². The van der Waals surface area contributed by atoms with E-state index in [9.17, 15) is 0 Å². The molecule has 0 bridgehead atoms. The molecule has 1 aliphatic rings. The van der Waals surface area contributed by atoms with Crippen LogP contribution in [0, 0.1) is 12.8 Å². The molecule has 1 atom stereocenters. The highest BCUT2D eigenvalue weighted by molar-refractivity contribution is 5.78. The Hall–Kier alpha value is -1.28. The first-order valence-corrected chi connectivity index (χ1v) is 7.93. The van der Waals surface area contributed by atoms with E-state index in [2.05, 4.69) is 36.5 Å². The molecule has 0 amide bonds. The van der Waals surface area contributed by atoms with Gasteiger partial charge in [0.15, 0.2) is 0 Å². The van der Waals surface area contributed by atoms with Crippen LogP contribution >= 0.6 is 0 Å². The highest BCUT2D eigenvalue weighted by atomic mass is 16.3. The lowest BCUT2D eigenvalue weighted by Gasteiger charge is -2.25. The molecule has 3 rings (SSSR count). The van der Waals surface area contributed by atoms with Crippen molar-refractivity contribution in [3.63, 3.8) is 0 Å². The Balaban J connectivity index is 1.79. The fraction of sp³-hybridized carbons (Fsp3) is 0.556. The van der Waals surface area contributed by atoms with Crippen LogP contribution in [0.3, 0.4) is 0 Å². The zero-order valence-corrected chi connectivity index (χ0v) is 12.6. The van der Waals surface area contributed by atoms with Crippen LogP contribution in [0.1, 0.15) is 55.9 Å². The molecule has 1 aromatic heterocycles. The quantitative estimate of drug-likeness (QED) is 0.849. The van der Waals surface area contributed by atoms with Crippen LogP contribution in [0.15, 0.2) is 28.7 Å². The highest BCUT2D eigenvalue weighted by Crippen LogP contribution is 2.33. The van der Waals surface area contributed by atoms with Gasteiger partial charge in [-0.25, -0.2) is 0 Å². The van der Waals surface area contributed by atoms with Crippen molar-refractivity contribution in [1.29, 1.82) is 0 Å². The zero-order chi connectivity index (χ0) is 13.9. The van der Waals surface area contributed by atoms with Gasteiger partial charge in [-0.3, -0.25) is 0 Å². The first-order chi connectivity index (χ1) is 9.76. The largest absolute Gasteiger partial charge is 0.459 e. The molecule has 1 fully saturated rings. The molecule has 2 nitrogen and oxygen atoms in total. The summed E-state index contributed by atoms with van der Waals surface area (Å²) in [7, 11) is 2.05. The van der Waals surface area contributed by atoms with Crippen molar-refractivity contribution in [2.45, 2.75) is 51.5 Å². The fourth-order valence-electron chi connectivity index (χ4n) is 3.49. The van der Waals surface area contributed by atoms with Crippen LogP contribution in [-0.4, -0.2) is 7.05 Å². The van der Waals surface area contributed by atoms with E-state index in [0.717, 1.165) is 17.3 Å². The average molecular weight is 271 g/mol. The van der Waals surface area contributed by atoms with E-state index in [4.69, 9.17) is 4.42 Å². The van der Waals surface area contributed by atoms with Gasteiger partial charge in [0, 0.05) is 5.39 Å². The number of hydrogen-bond acceptors (Lipinski definition) is 2. The number of nitrogens with one attached hydrogen (secondary N) is 1. The van der Waals surface area contributed by atoms with Crippen molar-refractivity contribution in [3.05, 3.63) is 35.6 Å². The molecule has 0 aliphatic heterocycles. The van der Waals surface area contributed by atoms with Gasteiger partial charge in [0.2, 0.25) is 0 Å². The van der Waals surface area contributed by atoms with Gasteiger partial charge in [-0.05, 0) is 44.5 Å². The molecule has 0 saturated heterocycles. The normalized spacial score (nSPS) is 18.5. The molecule has 1 heterocycles. The van der Waals surface area contributed by atoms with E-state index in [1.165, 1.54) is 49.5 Å². The summed E-state index contributed by atoms with van der Waals surface area (Å²) in [6.07, 6.45) is 8.20. The van der Waals surface area contributed by atoms with Crippen LogP contribution < -0.4 is 5.32 Å². The summed E-state index contributed by atoms with van der Waals surface area (Å²) in [5.74, 6) is 1.95. The van der Waals surface area contributed by atoms with E-state index >= 15 is 0 Å². The first-order valence-electron chi connectivity index (χ1n) is 7.93. The number of hydrogen-bond donors (Lipinski definition) is 1. The molecule has 1 aromatic carbocycles. The monoisotopic (exact) mass is 271 g/mol. The van der Waals surface area contributed by atoms with Crippen molar-refractivity contribution in [2.75, 3.05) is 7.05 Å². The fourth-order valence-corrected chi connectivity index (χ4v) is 3.49. The maximum Gasteiger partial charge on any atom is 0.134 e. The van der Waals surface area contributed by atoms with Crippen molar-refractivity contribution in [3.8, 4) is 0 Å². The number of fused-ring (bicyclic) bond motifs is 1. The third-order valence-electron chi connectivity index (χ3n) is 4.68. The van der Waals surface area contributed by atoms with Gasteiger partial charge >= 0.3 is 0 Å². The Labute approximate surface area is 121 Å². The van der Waals surface area contributed by atoms with Gasteiger partial charge in [-0.1, -0.05) is 43.7 Å². The lowest BCUT2D eigenvalue weighted by Crippen LogP contribution is -2.20. The molecule has 1 unspecified atom stereocenters. The lowest BCUT2D eigenvalue weighted by atomic mass is 9.84. The number of benzene rings is 1. The van der Waals surface area contributed by atoms with Gasteiger partial charge in [-0.2, -0.15) is 0 Å². The standard InChI is InChI=1S/C18H25NO/c1-13-8-9-17-15(10-13)12-18(20-17)16(19-2)11-14-6-4-3-5-7-14/h8-10,12,14,16,19H,3-7,11H2,1-2H3. The lowest BCUT2D eigenvalue weighted by molar-refractivity contribution is 0.290. The van der Waals surface area contributed by atoms with E-state index in [1.807, 2.05) is 7.05 Å². The predicted octanol–water partition coefficient (Wildman–Crippen LogP) is 4.97. The highest BCUT2D eigenvalue weighted by Gasteiger charge is 2.21. The number of furan rings is 1. The van der Waals surface area contributed by atoms with E-state index in [0.29, 0.717) is 6.04 Å². The van der Waals surface area contributed by atoms with Gasteiger partial charge in [0.1, 0.15) is 11.3 Å². The minimum absolute atomic E-state index is 0.353. The molecule has 1 aliphatic carbocycles. The molecular weight excluding hydrogens is 246 g/mol. The minimum atomic E-state index is 0.353. The topological polar surface area (TPSA) is 25.2 Å². The third kappa shape index (κ3) is 2.90. The molecule has 2 heteroatoms. The second-order valence-electron chi connectivity index (χ2n) is 6.27. The Kier molecular flexibility index (Phi) is 4.11. The molecule has 2 aromatic rings. The summed E-state index contributed by atoms with van der Waals surface area (Å²) in [5.41, 5.74) is 2.30. The minimum Gasteiger partial charge on any atom is -0.459 e. The molecular formula is C18H25NO. The summed E-state index contributed by atoms with van der Waals surface area (Å²) >= 11 is 0. The summed E-state index contributed by atoms with van der Waals surface area (Å²) in [6, 6.07) is 8.97. The zero-order valence-electron chi connectivity index (χ0n) is 12.6. The first kappa shape index (κ1) is 13.7. The Morgan fingerprint density at radius 1 is 1.20 bits per heavy atom. The maximum atomic E-state index is 6.06. The number of rotatable bonds is 4. The van der Waals surface area contributed by atoms with Crippen molar-refractivity contribution in [1.82, 2.24) is 5.32 Å². The summed E-state index contributed by atoms with van der Waals surface area (Å²) in [5, 5.41) is 4.67.